The van der Waals surface area contributed by atoms with E-state index in [2.05, 4.69) is 10.1 Å². The zero-order valence-electron chi connectivity index (χ0n) is 10.0. The fourth-order valence-electron chi connectivity index (χ4n) is 3.71. The van der Waals surface area contributed by atoms with E-state index in [1.807, 2.05) is 0 Å². The van der Waals surface area contributed by atoms with Gasteiger partial charge in [0.15, 0.2) is 0 Å². The van der Waals surface area contributed by atoms with Gasteiger partial charge in [-0.25, -0.2) is 4.79 Å². The number of fused-ring (bicyclic) bond motifs is 1. The predicted molar refractivity (Wildman–Crippen MR) is 58.2 cm³/mol. The van der Waals surface area contributed by atoms with E-state index in [0.717, 1.165) is 12.8 Å². The number of esters is 1. The van der Waals surface area contributed by atoms with E-state index >= 15 is 0 Å². The molecular formula is C12H15NO5. The topological polar surface area (TPSA) is 81.7 Å². The van der Waals surface area contributed by atoms with E-state index in [-0.39, 0.29) is 36.4 Å². The molecule has 1 N–H and O–H groups in total. The molecule has 0 radical (unpaired) electrons. The number of rotatable bonds is 2. The molecular weight excluding hydrogens is 238 g/mol. The first-order chi connectivity index (χ1) is 8.61. The summed E-state index contributed by atoms with van der Waals surface area (Å²) in [6, 6.07) is 0. The molecule has 1 saturated heterocycles. The van der Waals surface area contributed by atoms with Gasteiger partial charge in [0.05, 0.1) is 18.4 Å². The first-order valence-corrected chi connectivity index (χ1v) is 6.30. The Morgan fingerprint density at radius 3 is 2.94 bits per heavy atom. The van der Waals surface area contributed by atoms with Gasteiger partial charge in [-0.05, 0) is 25.7 Å². The Labute approximate surface area is 104 Å². The van der Waals surface area contributed by atoms with E-state index in [1.54, 1.807) is 6.92 Å². The number of carbonyl (C=O) groups excluding carboxylic acids is 3. The molecule has 2 saturated carbocycles. The van der Waals surface area contributed by atoms with Crippen molar-refractivity contribution in [2.75, 3.05) is 6.61 Å². The van der Waals surface area contributed by atoms with Crippen LogP contribution in [0.1, 0.15) is 19.8 Å². The molecule has 3 rings (SSSR count). The summed E-state index contributed by atoms with van der Waals surface area (Å²) in [5.41, 5.74) is 0. The van der Waals surface area contributed by atoms with Gasteiger partial charge in [0.2, 0.25) is 5.91 Å². The quantitative estimate of drug-likeness (QED) is 0.723. The number of hydrogen-bond acceptors (Lipinski definition) is 5. The fraction of sp³-hybridized carbons (Fsp3) is 0.750. The lowest BCUT2D eigenvalue weighted by molar-refractivity contribution is -0.145. The summed E-state index contributed by atoms with van der Waals surface area (Å²) in [7, 11) is 0. The van der Waals surface area contributed by atoms with Crippen LogP contribution >= 0.6 is 0 Å². The molecule has 0 aromatic rings. The molecule has 2 aliphatic carbocycles. The monoisotopic (exact) mass is 253 g/mol. The summed E-state index contributed by atoms with van der Waals surface area (Å²) in [4.78, 5) is 35.0. The molecule has 0 spiro atoms. The maximum absolute atomic E-state index is 12.0. The number of hydrogen-bond donors (Lipinski definition) is 1. The van der Waals surface area contributed by atoms with Gasteiger partial charge < -0.3 is 9.47 Å². The largest absolute Gasteiger partial charge is 0.462 e. The van der Waals surface area contributed by atoms with Gasteiger partial charge in [0, 0.05) is 5.92 Å². The van der Waals surface area contributed by atoms with Crippen LogP contribution < -0.4 is 5.32 Å². The highest BCUT2D eigenvalue weighted by molar-refractivity contribution is 5.96. The molecule has 2 amide bonds. The van der Waals surface area contributed by atoms with Crippen molar-refractivity contribution < 1.29 is 23.9 Å². The minimum atomic E-state index is -0.742. The number of carbonyl (C=O) groups is 3. The lowest BCUT2D eigenvalue weighted by Crippen LogP contribution is -2.42. The van der Waals surface area contributed by atoms with Crippen LogP contribution in [0.25, 0.3) is 0 Å². The third-order valence-corrected chi connectivity index (χ3v) is 4.29. The van der Waals surface area contributed by atoms with E-state index in [0.29, 0.717) is 0 Å². The third-order valence-electron chi connectivity index (χ3n) is 4.29. The Hall–Kier alpha value is -1.59. The second-order valence-corrected chi connectivity index (χ2v) is 5.13. The number of nitrogens with one attached hydrogen (secondary N) is 1. The second-order valence-electron chi connectivity index (χ2n) is 5.13. The normalized spacial score (nSPS) is 39.6. The second kappa shape index (κ2) is 3.96. The zero-order chi connectivity index (χ0) is 12.9. The fourth-order valence-corrected chi connectivity index (χ4v) is 3.71. The molecule has 0 aromatic heterocycles. The zero-order valence-corrected chi connectivity index (χ0v) is 10.0. The van der Waals surface area contributed by atoms with Crippen LogP contribution in [-0.4, -0.2) is 30.7 Å². The highest BCUT2D eigenvalue weighted by atomic mass is 16.6. The van der Waals surface area contributed by atoms with Crippen LogP contribution in [0, 0.1) is 23.7 Å². The van der Waals surface area contributed by atoms with Crippen molar-refractivity contribution in [2.45, 2.75) is 25.9 Å². The lowest BCUT2D eigenvalue weighted by Gasteiger charge is -2.22. The maximum Gasteiger partial charge on any atom is 0.413 e. The summed E-state index contributed by atoms with van der Waals surface area (Å²) in [6.07, 6.45) is 0.850. The van der Waals surface area contributed by atoms with E-state index < -0.39 is 17.9 Å². The highest BCUT2D eigenvalue weighted by Crippen LogP contribution is 2.57. The molecule has 3 aliphatic rings. The molecule has 0 aromatic carbocycles. The molecule has 1 heterocycles. The van der Waals surface area contributed by atoms with Crippen LogP contribution in [0.15, 0.2) is 0 Å². The number of alkyl carbamates (subject to hydrolysis) is 1. The molecule has 6 nitrogen and oxygen atoms in total. The summed E-state index contributed by atoms with van der Waals surface area (Å²) in [6.45, 7) is 1.88. The smallest absolute Gasteiger partial charge is 0.413 e. The summed E-state index contributed by atoms with van der Waals surface area (Å²) in [5.74, 6) is -1.14. The number of imide groups is 1. The Morgan fingerprint density at radius 1 is 1.44 bits per heavy atom. The first-order valence-electron chi connectivity index (χ1n) is 6.30. The molecule has 2 bridgehead atoms. The highest BCUT2D eigenvalue weighted by Gasteiger charge is 2.64. The van der Waals surface area contributed by atoms with Crippen LogP contribution in [0.5, 0.6) is 0 Å². The number of ether oxygens (including phenoxy) is 2. The summed E-state index contributed by atoms with van der Waals surface area (Å²) in [5, 5.41) is 2.20. The summed E-state index contributed by atoms with van der Waals surface area (Å²) < 4.78 is 9.91. The van der Waals surface area contributed by atoms with Crippen LogP contribution in [0.2, 0.25) is 0 Å². The molecule has 1 aliphatic heterocycles. The molecule has 18 heavy (non-hydrogen) atoms. The van der Waals surface area contributed by atoms with Crippen molar-refractivity contribution in [2.24, 2.45) is 23.7 Å². The Balaban J connectivity index is 1.71. The minimum Gasteiger partial charge on any atom is -0.462 e. The molecule has 5 atom stereocenters. The summed E-state index contributed by atoms with van der Waals surface area (Å²) >= 11 is 0. The minimum absolute atomic E-state index is 0.000793. The van der Waals surface area contributed by atoms with Crippen LogP contribution in [0.3, 0.4) is 0 Å². The van der Waals surface area contributed by atoms with Gasteiger partial charge in [-0.1, -0.05) is 0 Å². The van der Waals surface area contributed by atoms with E-state index in [9.17, 15) is 14.4 Å². The van der Waals surface area contributed by atoms with Crippen molar-refractivity contribution in [1.29, 1.82) is 0 Å². The number of amides is 2. The third kappa shape index (κ3) is 1.51. The van der Waals surface area contributed by atoms with E-state index in [4.69, 9.17) is 4.74 Å². The van der Waals surface area contributed by atoms with Crippen LogP contribution in [-0.2, 0) is 19.1 Å². The van der Waals surface area contributed by atoms with Gasteiger partial charge in [-0.15, -0.1) is 0 Å². The Bertz CT molecular complexity index is 419. The van der Waals surface area contributed by atoms with Crippen molar-refractivity contribution in [3.8, 4) is 0 Å². The average molecular weight is 253 g/mol. The Kier molecular flexibility index (Phi) is 2.53. The van der Waals surface area contributed by atoms with Gasteiger partial charge in [0.1, 0.15) is 6.10 Å². The van der Waals surface area contributed by atoms with Gasteiger partial charge >= 0.3 is 12.1 Å². The molecule has 6 heteroatoms. The van der Waals surface area contributed by atoms with Crippen molar-refractivity contribution >= 4 is 18.0 Å². The van der Waals surface area contributed by atoms with Crippen molar-refractivity contribution in [3.05, 3.63) is 0 Å². The SMILES string of the molecule is CCOC(=O)NC(=O)[C@@H]1[C@H]2C[C@@H]3[C@@H]1C(=O)O[C@@H]3C2. The van der Waals surface area contributed by atoms with Crippen molar-refractivity contribution in [1.82, 2.24) is 5.32 Å². The molecule has 3 fully saturated rings. The lowest BCUT2D eigenvalue weighted by atomic mass is 9.79. The maximum atomic E-state index is 12.0. The predicted octanol–water partition coefficient (Wildman–Crippen LogP) is 0.457. The van der Waals surface area contributed by atoms with Gasteiger partial charge in [-0.3, -0.25) is 14.9 Å². The first kappa shape index (κ1) is 11.5. The average Bonchev–Trinajstić information content (AvgIpc) is 2.88. The van der Waals surface area contributed by atoms with Crippen molar-refractivity contribution in [3.63, 3.8) is 0 Å². The standard InChI is InChI=1S/C12H15NO5/c1-2-17-12(16)13-10(14)8-5-3-6-7(4-5)18-11(15)9(6)8/h5-9H,2-4H2,1H3,(H,13,14,16)/t5-,6-,7+,8+,9-/m0/s1. The van der Waals surface area contributed by atoms with Crippen LogP contribution in [0.4, 0.5) is 4.79 Å². The van der Waals surface area contributed by atoms with Gasteiger partial charge in [0.25, 0.3) is 0 Å². The van der Waals surface area contributed by atoms with Gasteiger partial charge in [-0.2, -0.15) is 0 Å². The van der Waals surface area contributed by atoms with E-state index in [1.165, 1.54) is 0 Å². The molecule has 98 valence electrons. The Morgan fingerprint density at radius 2 is 2.22 bits per heavy atom. The molecule has 0 unspecified atom stereocenters.